The lowest BCUT2D eigenvalue weighted by Gasteiger charge is -2.18. The average molecular weight is 274 g/mol. The summed E-state index contributed by atoms with van der Waals surface area (Å²) in [6.07, 6.45) is -4.53. The molecule has 1 unspecified atom stereocenters. The first-order valence-corrected chi connectivity index (χ1v) is 5.65. The van der Waals surface area contributed by atoms with Crippen LogP contribution in [-0.4, -0.2) is 30.3 Å². The van der Waals surface area contributed by atoms with Gasteiger partial charge < -0.3 is 5.32 Å². The lowest BCUT2D eigenvalue weighted by Crippen LogP contribution is -2.41. The molecule has 0 rings (SSSR count). The lowest BCUT2D eigenvalue weighted by atomic mass is 9.94. The van der Waals surface area contributed by atoms with Gasteiger partial charge in [-0.25, -0.2) is 0 Å². The van der Waals surface area contributed by atoms with E-state index < -0.39 is 18.0 Å². The molecule has 0 aromatic heterocycles. The number of halogens is 4. The molecule has 0 heterocycles. The summed E-state index contributed by atoms with van der Waals surface area (Å²) in [5.74, 6) is -3.19. The zero-order valence-electron chi connectivity index (χ0n) is 9.60. The highest BCUT2D eigenvalue weighted by atomic mass is 35.5. The zero-order chi connectivity index (χ0) is 13.6. The second kappa shape index (κ2) is 6.83. The second-order valence-corrected chi connectivity index (χ2v) is 4.40. The minimum absolute atomic E-state index is 0.134. The molecule has 17 heavy (non-hydrogen) atoms. The number of hydrogen-bond acceptors (Lipinski definition) is 2. The maximum Gasteiger partial charge on any atom is 0.471 e. The van der Waals surface area contributed by atoms with Crippen LogP contribution >= 0.6 is 11.6 Å². The fraction of sp³-hybridized carbons (Fsp3) is 0.800. The smallest absolute Gasteiger partial charge is 0.348 e. The SMILES string of the molecule is CC(C)CC(CNC(=O)C(F)(F)F)C(=O)CCl. The molecule has 0 fully saturated rings. The van der Waals surface area contributed by atoms with Gasteiger partial charge in [0.05, 0.1) is 5.88 Å². The molecule has 0 radical (unpaired) electrons. The van der Waals surface area contributed by atoms with Crippen molar-refractivity contribution in [3.05, 3.63) is 0 Å². The van der Waals surface area contributed by atoms with E-state index in [1.54, 1.807) is 5.32 Å². The van der Waals surface area contributed by atoms with Crippen LogP contribution in [0.5, 0.6) is 0 Å². The highest BCUT2D eigenvalue weighted by Gasteiger charge is 2.38. The molecular weight excluding hydrogens is 259 g/mol. The summed E-state index contributed by atoms with van der Waals surface area (Å²) in [4.78, 5) is 21.9. The van der Waals surface area contributed by atoms with Gasteiger partial charge in [0, 0.05) is 12.5 Å². The monoisotopic (exact) mass is 273 g/mol. The third kappa shape index (κ3) is 6.51. The molecule has 1 amide bonds. The van der Waals surface area contributed by atoms with E-state index in [1.807, 2.05) is 13.8 Å². The van der Waals surface area contributed by atoms with Gasteiger partial charge in [-0.2, -0.15) is 13.2 Å². The molecule has 0 aliphatic rings. The fourth-order valence-corrected chi connectivity index (χ4v) is 1.54. The van der Waals surface area contributed by atoms with Crippen molar-refractivity contribution in [1.29, 1.82) is 0 Å². The Kier molecular flexibility index (Phi) is 6.52. The summed E-state index contributed by atoms with van der Waals surface area (Å²) in [5.41, 5.74) is 0. The first-order valence-electron chi connectivity index (χ1n) is 5.12. The average Bonchev–Trinajstić information content (AvgIpc) is 2.20. The Bertz CT molecular complexity index is 279. The number of amides is 1. The normalized spacial score (nSPS) is 13.6. The quantitative estimate of drug-likeness (QED) is 0.754. The molecule has 1 atom stereocenters. The van der Waals surface area contributed by atoms with E-state index in [4.69, 9.17) is 11.6 Å². The van der Waals surface area contributed by atoms with Gasteiger partial charge in [0.2, 0.25) is 0 Å². The standard InChI is InChI=1S/C10H15ClF3NO2/c1-6(2)3-7(8(16)4-11)5-15-9(17)10(12,13)14/h6-7H,3-5H2,1-2H3,(H,15,17). The molecule has 1 N–H and O–H groups in total. The number of rotatable bonds is 6. The van der Waals surface area contributed by atoms with Crippen molar-refractivity contribution in [2.75, 3.05) is 12.4 Å². The predicted molar refractivity (Wildman–Crippen MR) is 57.7 cm³/mol. The summed E-state index contributed by atoms with van der Waals surface area (Å²) >= 11 is 5.35. The summed E-state index contributed by atoms with van der Waals surface area (Å²) < 4.78 is 35.8. The molecule has 0 saturated carbocycles. The Morgan fingerprint density at radius 3 is 2.18 bits per heavy atom. The van der Waals surface area contributed by atoms with E-state index in [2.05, 4.69) is 0 Å². The van der Waals surface area contributed by atoms with E-state index >= 15 is 0 Å². The first-order chi connectivity index (χ1) is 7.68. The molecule has 0 spiro atoms. The Labute approximate surface area is 103 Å². The van der Waals surface area contributed by atoms with Gasteiger partial charge in [0.25, 0.3) is 0 Å². The third-order valence-corrected chi connectivity index (χ3v) is 2.37. The van der Waals surface area contributed by atoms with Crippen LogP contribution in [0.25, 0.3) is 0 Å². The van der Waals surface area contributed by atoms with Gasteiger partial charge in [-0.3, -0.25) is 9.59 Å². The van der Waals surface area contributed by atoms with Crippen LogP contribution in [0.2, 0.25) is 0 Å². The molecular formula is C10H15ClF3NO2. The number of nitrogens with one attached hydrogen (secondary N) is 1. The van der Waals surface area contributed by atoms with Gasteiger partial charge in [0.15, 0.2) is 5.78 Å². The summed E-state index contributed by atoms with van der Waals surface area (Å²) in [6.45, 7) is 3.34. The lowest BCUT2D eigenvalue weighted by molar-refractivity contribution is -0.173. The minimum Gasteiger partial charge on any atom is -0.348 e. The molecule has 3 nitrogen and oxygen atoms in total. The van der Waals surface area contributed by atoms with Crippen molar-refractivity contribution < 1.29 is 22.8 Å². The van der Waals surface area contributed by atoms with Crippen molar-refractivity contribution >= 4 is 23.3 Å². The van der Waals surface area contributed by atoms with Crippen molar-refractivity contribution in [2.45, 2.75) is 26.4 Å². The van der Waals surface area contributed by atoms with Crippen LogP contribution in [-0.2, 0) is 9.59 Å². The maximum atomic E-state index is 11.9. The van der Waals surface area contributed by atoms with Crippen LogP contribution in [0.15, 0.2) is 0 Å². The number of Topliss-reactive ketones (excluding diaryl/α,β-unsaturated/α-hetero) is 1. The van der Waals surface area contributed by atoms with Crippen molar-refractivity contribution in [3.8, 4) is 0 Å². The number of ketones is 1. The molecule has 100 valence electrons. The first kappa shape index (κ1) is 16.2. The fourth-order valence-electron chi connectivity index (χ4n) is 1.32. The van der Waals surface area contributed by atoms with Crippen LogP contribution in [0.3, 0.4) is 0 Å². The second-order valence-electron chi connectivity index (χ2n) is 4.13. The van der Waals surface area contributed by atoms with E-state index in [0.29, 0.717) is 6.42 Å². The van der Waals surface area contributed by atoms with Crippen molar-refractivity contribution in [2.24, 2.45) is 11.8 Å². The summed E-state index contributed by atoms with van der Waals surface area (Å²) in [6, 6.07) is 0. The molecule has 0 aliphatic carbocycles. The minimum atomic E-state index is -4.92. The van der Waals surface area contributed by atoms with Crippen LogP contribution in [0, 0.1) is 11.8 Å². The molecule has 0 bridgehead atoms. The number of carbonyl (C=O) groups excluding carboxylic acids is 2. The topological polar surface area (TPSA) is 46.2 Å². The Morgan fingerprint density at radius 1 is 1.29 bits per heavy atom. The number of carbonyl (C=O) groups is 2. The van der Waals surface area contributed by atoms with Crippen molar-refractivity contribution in [3.63, 3.8) is 0 Å². The summed E-state index contributed by atoms with van der Waals surface area (Å²) in [7, 11) is 0. The van der Waals surface area contributed by atoms with Crippen LogP contribution in [0.4, 0.5) is 13.2 Å². The largest absolute Gasteiger partial charge is 0.471 e. The number of hydrogen-bond donors (Lipinski definition) is 1. The third-order valence-electron chi connectivity index (χ3n) is 2.11. The molecule has 7 heteroatoms. The summed E-state index contributed by atoms with van der Waals surface area (Å²) in [5, 5.41) is 1.70. The van der Waals surface area contributed by atoms with Crippen molar-refractivity contribution in [1.82, 2.24) is 5.32 Å². The Balaban J connectivity index is 4.36. The highest BCUT2D eigenvalue weighted by Crippen LogP contribution is 2.16. The van der Waals surface area contributed by atoms with Gasteiger partial charge in [-0.05, 0) is 12.3 Å². The molecule has 0 saturated heterocycles. The van der Waals surface area contributed by atoms with E-state index in [-0.39, 0.29) is 24.1 Å². The van der Waals surface area contributed by atoms with E-state index in [0.717, 1.165) is 0 Å². The van der Waals surface area contributed by atoms with Gasteiger partial charge in [-0.15, -0.1) is 11.6 Å². The highest BCUT2D eigenvalue weighted by molar-refractivity contribution is 6.27. The number of alkyl halides is 4. The van der Waals surface area contributed by atoms with Crippen LogP contribution < -0.4 is 5.32 Å². The molecule has 0 aromatic carbocycles. The van der Waals surface area contributed by atoms with Crippen LogP contribution in [0.1, 0.15) is 20.3 Å². The molecule has 0 aromatic rings. The van der Waals surface area contributed by atoms with Gasteiger partial charge in [0.1, 0.15) is 0 Å². The Morgan fingerprint density at radius 2 is 1.82 bits per heavy atom. The van der Waals surface area contributed by atoms with Gasteiger partial charge >= 0.3 is 12.1 Å². The molecule has 0 aliphatic heterocycles. The zero-order valence-corrected chi connectivity index (χ0v) is 10.4. The maximum absolute atomic E-state index is 11.9. The Hall–Kier alpha value is -0.780. The predicted octanol–water partition coefficient (Wildman–Crippen LogP) is 2.14. The van der Waals surface area contributed by atoms with Gasteiger partial charge in [-0.1, -0.05) is 13.8 Å². The van der Waals surface area contributed by atoms with E-state index in [1.165, 1.54) is 0 Å². The van der Waals surface area contributed by atoms with E-state index in [9.17, 15) is 22.8 Å².